The molecular weight excluding hydrogens is 242 g/mol. The molecule has 0 saturated carbocycles. The van der Waals surface area contributed by atoms with Crippen molar-refractivity contribution in [2.75, 3.05) is 26.7 Å². The Balaban J connectivity index is 2.17. The maximum atomic E-state index is 11.9. The van der Waals surface area contributed by atoms with Crippen molar-refractivity contribution in [3.63, 3.8) is 0 Å². The third-order valence-corrected chi connectivity index (χ3v) is 3.71. The van der Waals surface area contributed by atoms with Gasteiger partial charge in [0.05, 0.1) is 0 Å². The van der Waals surface area contributed by atoms with Crippen LogP contribution in [0.3, 0.4) is 0 Å². The van der Waals surface area contributed by atoms with Gasteiger partial charge in [-0.15, -0.1) is 0 Å². The zero-order chi connectivity index (χ0) is 13.8. The maximum absolute atomic E-state index is 11.9. The molecule has 0 aromatic heterocycles. The molecule has 0 spiro atoms. The number of benzene rings is 1. The number of rotatable bonds is 3. The lowest BCUT2D eigenvalue weighted by molar-refractivity contribution is -0.127. The number of carbonyl (C=O) groups is 1. The summed E-state index contributed by atoms with van der Waals surface area (Å²) >= 11 is 0. The number of hydrogen-bond donors (Lipinski definition) is 3. The Kier molecular flexibility index (Phi) is 4.39. The van der Waals surface area contributed by atoms with E-state index in [9.17, 15) is 9.90 Å². The minimum atomic E-state index is -0.150. The Morgan fingerprint density at radius 1 is 1.47 bits per heavy atom. The lowest BCUT2D eigenvalue weighted by Gasteiger charge is -2.39. The molecule has 5 nitrogen and oxygen atoms in total. The van der Waals surface area contributed by atoms with Crippen molar-refractivity contribution in [1.82, 2.24) is 15.5 Å². The number of phenolic OH excluding ortho intramolecular Hbond substituents is 1. The van der Waals surface area contributed by atoms with Crippen LogP contribution in [0, 0.1) is 0 Å². The van der Waals surface area contributed by atoms with Crippen molar-refractivity contribution >= 4 is 5.91 Å². The van der Waals surface area contributed by atoms with Crippen molar-refractivity contribution in [3.8, 4) is 5.75 Å². The van der Waals surface area contributed by atoms with Crippen molar-refractivity contribution < 1.29 is 9.90 Å². The van der Waals surface area contributed by atoms with Gasteiger partial charge in [0, 0.05) is 32.7 Å². The highest BCUT2D eigenvalue weighted by atomic mass is 16.3. The quantitative estimate of drug-likeness (QED) is 0.742. The summed E-state index contributed by atoms with van der Waals surface area (Å²) < 4.78 is 0. The van der Waals surface area contributed by atoms with Gasteiger partial charge in [-0.2, -0.15) is 0 Å². The molecule has 1 aliphatic rings. The summed E-state index contributed by atoms with van der Waals surface area (Å²) in [6.07, 6.45) is 0. The van der Waals surface area contributed by atoms with Gasteiger partial charge in [0.1, 0.15) is 11.8 Å². The van der Waals surface area contributed by atoms with Crippen molar-refractivity contribution in [3.05, 3.63) is 29.8 Å². The summed E-state index contributed by atoms with van der Waals surface area (Å²) in [5.41, 5.74) is 1.11. The molecule has 1 fully saturated rings. The van der Waals surface area contributed by atoms with E-state index in [-0.39, 0.29) is 23.7 Å². The summed E-state index contributed by atoms with van der Waals surface area (Å²) in [6, 6.07) is 7.17. The Bertz CT molecular complexity index is 433. The van der Waals surface area contributed by atoms with Crippen LogP contribution in [0.2, 0.25) is 0 Å². The molecule has 0 bridgehead atoms. The van der Waals surface area contributed by atoms with E-state index in [0.717, 1.165) is 18.7 Å². The Morgan fingerprint density at radius 2 is 2.16 bits per heavy atom. The first-order valence-corrected chi connectivity index (χ1v) is 6.60. The molecule has 3 N–H and O–H groups in total. The van der Waals surface area contributed by atoms with Crippen LogP contribution in [0.5, 0.6) is 5.75 Å². The summed E-state index contributed by atoms with van der Waals surface area (Å²) in [6.45, 7) is 4.48. The van der Waals surface area contributed by atoms with Crippen molar-refractivity contribution in [2.45, 2.75) is 19.0 Å². The number of piperazine rings is 1. The van der Waals surface area contributed by atoms with E-state index in [4.69, 9.17) is 0 Å². The predicted molar refractivity (Wildman–Crippen MR) is 74.0 cm³/mol. The summed E-state index contributed by atoms with van der Waals surface area (Å²) in [4.78, 5) is 14.1. The zero-order valence-corrected chi connectivity index (χ0v) is 11.4. The summed E-state index contributed by atoms with van der Waals surface area (Å²) in [5.74, 6) is 0.303. The molecule has 2 atom stereocenters. The Morgan fingerprint density at radius 3 is 2.79 bits per heavy atom. The number of carbonyl (C=O) groups excluding carboxylic acids is 1. The van der Waals surface area contributed by atoms with Crippen LogP contribution in [0.4, 0.5) is 0 Å². The highest BCUT2D eigenvalue weighted by Gasteiger charge is 2.31. The molecule has 2 rings (SSSR count). The van der Waals surface area contributed by atoms with Gasteiger partial charge in [-0.25, -0.2) is 0 Å². The smallest absolute Gasteiger partial charge is 0.238 e. The van der Waals surface area contributed by atoms with Gasteiger partial charge in [0.15, 0.2) is 0 Å². The molecule has 1 amide bonds. The topological polar surface area (TPSA) is 64.6 Å². The van der Waals surface area contributed by atoms with Gasteiger partial charge in [-0.05, 0) is 24.6 Å². The highest BCUT2D eigenvalue weighted by molar-refractivity contribution is 5.81. The number of nitrogens with zero attached hydrogens (tertiary/aromatic N) is 1. The molecule has 0 aliphatic carbocycles. The van der Waals surface area contributed by atoms with Crippen LogP contribution in [0.15, 0.2) is 24.3 Å². The second-order valence-electron chi connectivity index (χ2n) is 4.84. The minimum absolute atomic E-state index is 0.0397. The van der Waals surface area contributed by atoms with E-state index in [0.29, 0.717) is 6.54 Å². The van der Waals surface area contributed by atoms with Gasteiger partial charge < -0.3 is 15.7 Å². The van der Waals surface area contributed by atoms with Crippen LogP contribution in [0.1, 0.15) is 18.5 Å². The molecule has 1 aromatic carbocycles. The normalized spacial score (nSPS) is 21.9. The summed E-state index contributed by atoms with van der Waals surface area (Å²) in [5, 5.41) is 15.3. The zero-order valence-electron chi connectivity index (χ0n) is 11.4. The number of likely N-dealkylation sites (N-methyl/N-ethyl adjacent to an activating group) is 1. The van der Waals surface area contributed by atoms with Crippen LogP contribution >= 0.6 is 0 Å². The Hall–Kier alpha value is -1.59. The molecule has 104 valence electrons. The van der Waals surface area contributed by atoms with E-state index in [1.54, 1.807) is 19.2 Å². The first-order chi connectivity index (χ1) is 9.13. The lowest BCUT2D eigenvalue weighted by atomic mass is 10.0. The lowest BCUT2D eigenvalue weighted by Crippen LogP contribution is -2.57. The van der Waals surface area contributed by atoms with Crippen LogP contribution in [-0.2, 0) is 4.79 Å². The minimum Gasteiger partial charge on any atom is -0.508 e. The molecule has 19 heavy (non-hydrogen) atoms. The number of phenols is 1. The molecule has 0 radical (unpaired) electrons. The van der Waals surface area contributed by atoms with Gasteiger partial charge in [-0.1, -0.05) is 12.1 Å². The van der Waals surface area contributed by atoms with Gasteiger partial charge in [0.2, 0.25) is 5.91 Å². The van der Waals surface area contributed by atoms with E-state index in [2.05, 4.69) is 22.5 Å². The standard InChI is InChI=1S/C14H21N3O2/c1-10(11-3-5-12(18)6-4-11)17-8-7-16-9-13(17)14(19)15-2/h3-6,10,13,16,18H,7-9H2,1-2H3,(H,15,19). The molecule has 2 unspecified atom stereocenters. The maximum Gasteiger partial charge on any atom is 0.238 e. The fraction of sp³-hybridized carbons (Fsp3) is 0.500. The molecule has 1 aliphatic heterocycles. The van der Waals surface area contributed by atoms with Crippen LogP contribution in [0.25, 0.3) is 0 Å². The van der Waals surface area contributed by atoms with Crippen LogP contribution in [-0.4, -0.2) is 48.6 Å². The molecular formula is C14H21N3O2. The first-order valence-electron chi connectivity index (χ1n) is 6.60. The second-order valence-corrected chi connectivity index (χ2v) is 4.84. The highest BCUT2D eigenvalue weighted by Crippen LogP contribution is 2.24. The SMILES string of the molecule is CNC(=O)C1CNCCN1C(C)c1ccc(O)cc1. The largest absolute Gasteiger partial charge is 0.508 e. The third kappa shape index (κ3) is 3.05. The number of amides is 1. The Labute approximate surface area is 113 Å². The van der Waals surface area contributed by atoms with Gasteiger partial charge >= 0.3 is 0 Å². The summed E-state index contributed by atoms with van der Waals surface area (Å²) in [7, 11) is 1.67. The molecule has 1 aromatic rings. The van der Waals surface area contributed by atoms with Crippen molar-refractivity contribution in [2.24, 2.45) is 0 Å². The third-order valence-electron chi connectivity index (χ3n) is 3.71. The van der Waals surface area contributed by atoms with Crippen molar-refractivity contribution in [1.29, 1.82) is 0 Å². The van der Waals surface area contributed by atoms with E-state index >= 15 is 0 Å². The first kappa shape index (κ1) is 13.8. The number of hydrogen-bond acceptors (Lipinski definition) is 4. The average Bonchev–Trinajstić information content (AvgIpc) is 2.46. The monoisotopic (exact) mass is 263 g/mol. The molecule has 1 heterocycles. The average molecular weight is 263 g/mol. The second kappa shape index (κ2) is 6.04. The number of nitrogens with one attached hydrogen (secondary N) is 2. The molecule has 5 heteroatoms. The van der Waals surface area contributed by atoms with E-state index in [1.807, 2.05) is 12.1 Å². The predicted octanol–water partition coefficient (Wildman–Crippen LogP) is 0.473. The van der Waals surface area contributed by atoms with E-state index in [1.165, 1.54) is 0 Å². The number of aromatic hydroxyl groups is 1. The molecule has 1 saturated heterocycles. The van der Waals surface area contributed by atoms with Gasteiger partial charge in [-0.3, -0.25) is 9.69 Å². The van der Waals surface area contributed by atoms with Crippen LogP contribution < -0.4 is 10.6 Å². The van der Waals surface area contributed by atoms with E-state index < -0.39 is 0 Å². The fourth-order valence-electron chi connectivity index (χ4n) is 2.54. The fourth-order valence-corrected chi connectivity index (χ4v) is 2.54. The van der Waals surface area contributed by atoms with Gasteiger partial charge in [0.25, 0.3) is 0 Å².